The van der Waals surface area contributed by atoms with Gasteiger partial charge >= 0.3 is 0 Å². The van der Waals surface area contributed by atoms with Crippen LogP contribution in [0.5, 0.6) is 0 Å². The number of hydrogen-bond acceptors (Lipinski definition) is 4. The van der Waals surface area contributed by atoms with Gasteiger partial charge in [-0.1, -0.05) is 6.07 Å². The minimum Gasteiger partial charge on any atom is -0.392 e. The van der Waals surface area contributed by atoms with E-state index in [9.17, 15) is 12.8 Å². The van der Waals surface area contributed by atoms with Gasteiger partial charge in [-0.05, 0) is 41.6 Å². The number of benzene rings is 1. The molecular weight excluding hydrogens is 301 g/mol. The molecule has 0 saturated carbocycles. The molecule has 0 aliphatic heterocycles. The molecule has 7 heteroatoms. The second-order valence-corrected chi connectivity index (χ2v) is 7.01. The third-order valence-corrected chi connectivity index (χ3v) is 5.32. The molecule has 108 valence electrons. The largest absolute Gasteiger partial charge is 0.392 e. The summed E-state index contributed by atoms with van der Waals surface area (Å²) in [6.45, 7) is 1.68. The molecule has 4 nitrogen and oxygen atoms in total. The van der Waals surface area contributed by atoms with Crippen LogP contribution < -0.4 is 4.72 Å². The van der Waals surface area contributed by atoms with E-state index in [2.05, 4.69) is 4.72 Å². The average molecular weight is 315 g/mol. The Morgan fingerprint density at radius 3 is 2.65 bits per heavy atom. The van der Waals surface area contributed by atoms with Crippen molar-refractivity contribution in [2.45, 2.75) is 25.0 Å². The number of aliphatic hydroxyl groups excluding tert-OH is 1. The SMILES string of the molecule is Cc1ccsc1CNS(=O)(=O)c1ccc(CO)cc1F. The fraction of sp³-hybridized carbons (Fsp3) is 0.231. The van der Waals surface area contributed by atoms with Crippen molar-refractivity contribution in [3.8, 4) is 0 Å². The molecule has 1 aromatic heterocycles. The van der Waals surface area contributed by atoms with Gasteiger partial charge in [0.15, 0.2) is 0 Å². The van der Waals surface area contributed by atoms with Crippen molar-refractivity contribution in [2.75, 3.05) is 0 Å². The molecule has 0 bridgehead atoms. The van der Waals surface area contributed by atoms with Crippen LogP contribution in [0.25, 0.3) is 0 Å². The maximum atomic E-state index is 13.8. The molecular formula is C13H14FNO3S2. The predicted octanol–water partition coefficient (Wildman–Crippen LogP) is 2.17. The highest BCUT2D eigenvalue weighted by Gasteiger charge is 2.19. The molecule has 20 heavy (non-hydrogen) atoms. The number of aryl methyl sites for hydroxylation is 1. The third-order valence-electron chi connectivity index (χ3n) is 2.86. The van der Waals surface area contributed by atoms with E-state index in [-0.39, 0.29) is 13.2 Å². The minimum atomic E-state index is -3.91. The summed E-state index contributed by atoms with van der Waals surface area (Å²) in [6.07, 6.45) is 0. The highest BCUT2D eigenvalue weighted by Crippen LogP contribution is 2.19. The second kappa shape index (κ2) is 6.01. The number of thiophene rings is 1. The lowest BCUT2D eigenvalue weighted by Crippen LogP contribution is -2.24. The summed E-state index contributed by atoms with van der Waals surface area (Å²) in [6, 6.07) is 5.45. The van der Waals surface area contributed by atoms with Gasteiger partial charge in [0.2, 0.25) is 10.0 Å². The molecule has 0 saturated heterocycles. The first-order valence-corrected chi connectivity index (χ1v) is 8.22. The Balaban J connectivity index is 2.20. The van der Waals surface area contributed by atoms with Gasteiger partial charge in [-0.3, -0.25) is 0 Å². The third kappa shape index (κ3) is 3.24. The first-order valence-electron chi connectivity index (χ1n) is 5.86. The van der Waals surface area contributed by atoms with Crippen molar-refractivity contribution < 1.29 is 17.9 Å². The Morgan fingerprint density at radius 2 is 2.10 bits per heavy atom. The van der Waals surface area contributed by atoms with Gasteiger partial charge in [0.25, 0.3) is 0 Å². The van der Waals surface area contributed by atoms with Crippen LogP contribution in [0.3, 0.4) is 0 Å². The molecule has 1 heterocycles. The quantitative estimate of drug-likeness (QED) is 0.888. The van der Waals surface area contributed by atoms with Gasteiger partial charge in [-0.15, -0.1) is 11.3 Å². The van der Waals surface area contributed by atoms with E-state index in [1.165, 1.54) is 17.4 Å². The van der Waals surface area contributed by atoms with Crippen LogP contribution in [0.1, 0.15) is 16.0 Å². The van der Waals surface area contributed by atoms with Gasteiger partial charge in [-0.25, -0.2) is 17.5 Å². The molecule has 1 aromatic carbocycles. The standard InChI is InChI=1S/C13H14FNO3S2/c1-9-4-5-19-12(9)7-15-20(17,18)13-3-2-10(8-16)6-11(13)14/h2-6,15-16H,7-8H2,1H3. The summed E-state index contributed by atoms with van der Waals surface area (Å²) in [5.41, 5.74) is 1.32. The van der Waals surface area contributed by atoms with E-state index >= 15 is 0 Å². The Morgan fingerprint density at radius 1 is 1.35 bits per heavy atom. The maximum Gasteiger partial charge on any atom is 0.243 e. The van der Waals surface area contributed by atoms with Gasteiger partial charge in [0.05, 0.1) is 6.61 Å². The molecule has 0 spiro atoms. The summed E-state index contributed by atoms with van der Waals surface area (Å²) >= 11 is 1.44. The number of halogens is 1. The number of rotatable bonds is 5. The Hall–Kier alpha value is -1.28. The molecule has 0 aliphatic rings. The lowest BCUT2D eigenvalue weighted by atomic mass is 10.2. The number of sulfonamides is 1. The van der Waals surface area contributed by atoms with E-state index in [4.69, 9.17) is 5.11 Å². The van der Waals surface area contributed by atoms with Crippen molar-refractivity contribution in [3.05, 3.63) is 51.5 Å². The fourth-order valence-electron chi connectivity index (χ4n) is 1.68. The molecule has 2 aromatic rings. The average Bonchev–Trinajstić information content (AvgIpc) is 2.81. The molecule has 0 amide bonds. The Labute approximate surface area is 120 Å². The lowest BCUT2D eigenvalue weighted by molar-refractivity contribution is 0.281. The van der Waals surface area contributed by atoms with Gasteiger partial charge in [0, 0.05) is 11.4 Å². The molecule has 0 aliphatic carbocycles. The first-order chi connectivity index (χ1) is 9.44. The highest BCUT2D eigenvalue weighted by molar-refractivity contribution is 7.89. The lowest BCUT2D eigenvalue weighted by Gasteiger charge is -2.08. The van der Waals surface area contributed by atoms with Gasteiger partial charge in [0.1, 0.15) is 10.7 Å². The van der Waals surface area contributed by atoms with E-state index in [0.29, 0.717) is 5.56 Å². The van der Waals surface area contributed by atoms with Crippen LogP contribution >= 0.6 is 11.3 Å². The molecule has 0 unspecified atom stereocenters. The van der Waals surface area contributed by atoms with Crippen LogP contribution in [-0.4, -0.2) is 13.5 Å². The molecule has 0 fully saturated rings. The minimum absolute atomic E-state index is 0.132. The second-order valence-electron chi connectivity index (χ2n) is 4.27. The summed E-state index contributed by atoms with van der Waals surface area (Å²) < 4.78 is 40.2. The van der Waals surface area contributed by atoms with Crippen molar-refractivity contribution in [1.29, 1.82) is 0 Å². The number of hydrogen-bond donors (Lipinski definition) is 2. The van der Waals surface area contributed by atoms with E-state index in [1.54, 1.807) is 0 Å². The zero-order valence-corrected chi connectivity index (χ0v) is 12.4. The van der Waals surface area contributed by atoms with Crippen molar-refractivity contribution in [1.82, 2.24) is 4.72 Å². The van der Waals surface area contributed by atoms with Crippen LogP contribution in [-0.2, 0) is 23.2 Å². The van der Waals surface area contributed by atoms with E-state index in [0.717, 1.165) is 22.6 Å². The first kappa shape index (κ1) is 15.1. The smallest absolute Gasteiger partial charge is 0.243 e. The molecule has 0 atom stereocenters. The number of aliphatic hydroxyl groups is 1. The maximum absolute atomic E-state index is 13.8. The zero-order chi connectivity index (χ0) is 14.8. The van der Waals surface area contributed by atoms with Gasteiger partial charge < -0.3 is 5.11 Å². The van der Waals surface area contributed by atoms with E-state index < -0.39 is 20.7 Å². The van der Waals surface area contributed by atoms with Crippen LogP contribution in [0.4, 0.5) is 4.39 Å². The highest BCUT2D eigenvalue weighted by atomic mass is 32.2. The summed E-state index contributed by atoms with van der Waals surface area (Å²) in [5.74, 6) is -0.869. The van der Waals surface area contributed by atoms with E-state index in [1.807, 2.05) is 18.4 Å². The predicted molar refractivity (Wildman–Crippen MR) is 75.4 cm³/mol. The zero-order valence-electron chi connectivity index (χ0n) is 10.8. The van der Waals surface area contributed by atoms with Gasteiger partial charge in [-0.2, -0.15) is 0 Å². The molecule has 2 N–H and O–H groups in total. The van der Waals surface area contributed by atoms with Crippen LogP contribution in [0, 0.1) is 12.7 Å². The molecule has 2 rings (SSSR count). The number of nitrogens with one attached hydrogen (secondary N) is 1. The Kier molecular flexibility index (Phi) is 4.54. The normalized spacial score (nSPS) is 11.8. The van der Waals surface area contributed by atoms with Crippen molar-refractivity contribution in [2.24, 2.45) is 0 Å². The fourth-order valence-corrected chi connectivity index (χ4v) is 3.67. The van der Waals surface area contributed by atoms with Crippen LogP contribution in [0.2, 0.25) is 0 Å². The summed E-state index contributed by atoms with van der Waals surface area (Å²) in [5, 5.41) is 10.8. The summed E-state index contributed by atoms with van der Waals surface area (Å²) in [4.78, 5) is 0.477. The Bertz CT molecular complexity index is 710. The van der Waals surface area contributed by atoms with Crippen molar-refractivity contribution in [3.63, 3.8) is 0 Å². The van der Waals surface area contributed by atoms with Crippen molar-refractivity contribution >= 4 is 21.4 Å². The summed E-state index contributed by atoms with van der Waals surface area (Å²) in [7, 11) is -3.91. The monoisotopic (exact) mass is 315 g/mol. The topological polar surface area (TPSA) is 66.4 Å². The van der Waals surface area contributed by atoms with Crippen LogP contribution in [0.15, 0.2) is 34.5 Å². The molecule has 0 radical (unpaired) electrons.